The van der Waals surface area contributed by atoms with Gasteiger partial charge in [0, 0.05) is 19.4 Å². The largest absolute Gasteiger partial charge is 0.425 e. The highest BCUT2D eigenvalue weighted by molar-refractivity contribution is 4.84. The zero-order chi connectivity index (χ0) is 13.3. The molecule has 0 radical (unpaired) electrons. The quantitative estimate of drug-likeness (QED) is 0.734. The normalized spacial score (nSPS) is 16.9. The Bertz CT molecular complexity index is 345. The average Bonchev–Trinajstić information content (AvgIpc) is 2.91. The van der Waals surface area contributed by atoms with Crippen molar-refractivity contribution in [3.8, 4) is 0 Å². The molecule has 2 rings (SSSR count). The molecule has 1 aliphatic carbocycles. The molecule has 0 atom stereocenters. The second-order valence-corrected chi connectivity index (χ2v) is 5.63. The van der Waals surface area contributed by atoms with Crippen LogP contribution in [0.25, 0.3) is 0 Å². The monoisotopic (exact) mass is 265 g/mol. The molecule has 1 aromatic rings. The number of hydrogen-bond donors (Lipinski definition) is 1. The number of nitrogens with zero attached hydrogens (tertiary/aromatic N) is 2. The minimum absolute atomic E-state index is 0.780. The van der Waals surface area contributed by atoms with Crippen LogP contribution in [0.1, 0.15) is 63.7 Å². The van der Waals surface area contributed by atoms with Crippen LogP contribution in [0.3, 0.4) is 0 Å². The summed E-state index contributed by atoms with van der Waals surface area (Å²) < 4.78 is 5.69. The van der Waals surface area contributed by atoms with Crippen LogP contribution in [-0.2, 0) is 12.8 Å². The molecule has 1 fully saturated rings. The second kappa shape index (κ2) is 8.31. The summed E-state index contributed by atoms with van der Waals surface area (Å²) in [7, 11) is 0. The molecule has 19 heavy (non-hydrogen) atoms. The Hall–Kier alpha value is -0.900. The van der Waals surface area contributed by atoms with Gasteiger partial charge in [-0.1, -0.05) is 39.0 Å². The van der Waals surface area contributed by atoms with E-state index >= 15 is 0 Å². The summed E-state index contributed by atoms with van der Waals surface area (Å²) in [6.07, 6.45) is 11.2. The summed E-state index contributed by atoms with van der Waals surface area (Å²) in [5.74, 6) is 2.49. The first-order valence-corrected chi connectivity index (χ1v) is 7.90. The fourth-order valence-corrected chi connectivity index (χ4v) is 2.79. The third-order valence-corrected chi connectivity index (χ3v) is 3.94. The van der Waals surface area contributed by atoms with Crippen LogP contribution in [0.5, 0.6) is 0 Å². The van der Waals surface area contributed by atoms with Crippen LogP contribution < -0.4 is 5.32 Å². The minimum Gasteiger partial charge on any atom is -0.425 e. The molecule has 1 heterocycles. The van der Waals surface area contributed by atoms with Gasteiger partial charge in [0.2, 0.25) is 11.8 Å². The van der Waals surface area contributed by atoms with Gasteiger partial charge >= 0.3 is 0 Å². The molecule has 4 nitrogen and oxygen atoms in total. The van der Waals surface area contributed by atoms with Gasteiger partial charge in [-0.3, -0.25) is 0 Å². The second-order valence-electron chi connectivity index (χ2n) is 5.63. The van der Waals surface area contributed by atoms with E-state index in [-0.39, 0.29) is 0 Å². The summed E-state index contributed by atoms with van der Waals surface area (Å²) in [6, 6.07) is 0. The van der Waals surface area contributed by atoms with Crippen LogP contribution in [0.4, 0.5) is 0 Å². The van der Waals surface area contributed by atoms with Crippen molar-refractivity contribution < 1.29 is 4.42 Å². The topological polar surface area (TPSA) is 51.0 Å². The van der Waals surface area contributed by atoms with E-state index < -0.39 is 0 Å². The summed E-state index contributed by atoms with van der Waals surface area (Å²) in [5.41, 5.74) is 0. The molecule has 4 heteroatoms. The standard InChI is InChI=1S/C15H27N3O/c1-2-11-16-12-10-15-18-17-14(19-15)9-8-13-6-4-3-5-7-13/h13,16H,2-12H2,1H3. The predicted octanol–water partition coefficient (Wildman–Crippen LogP) is 3.12. The first kappa shape index (κ1) is 14.5. The summed E-state index contributed by atoms with van der Waals surface area (Å²) >= 11 is 0. The van der Waals surface area contributed by atoms with Crippen LogP contribution in [0.15, 0.2) is 4.42 Å². The van der Waals surface area contributed by atoms with Gasteiger partial charge in [0.25, 0.3) is 0 Å². The summed E-state index contributed by atoms with van der Waals surface area (Å²) in [6.45, 7) is 4.16. The summed E-state index contributed by atoms with van der Waals surface area (Å²) in [4.78, 5) is 0. The van der Waals surface area contributed by atoms with Gasteiger partial charge in [0.05, 0.1) is 0 Å². The van der Waals surface area contributed by atoms with Crippen molar-refractivity contribution in [3.63, 3.8) is 0 Å². The van der Waals surface area contributed by atoms with E-state index in [0.717, 1.165) is 50.1 Å². The molecule has 108 valence electrons. The lowest BCUT2D eigenvalue weighted by molar-refractivity contribution is 0.326. The SMILES string of the molecule is CCCNCCc1nnc(CCC2CCCCC2)o1. The molecular weight excluding hydrogens is 238 g/mol. The van der Waals surface area contributed by atoms with Gasteiger partial charge < -0.3 is 9.73 Å². The average molecular weight is 265 g/mol. The fourth-order valence-electron chi connectivity index (χ4n) is 2.79. The van der Waals surface area contributed by atoms with Gasteiger partial charge in [-0.2, -0.15) is 0 Å². The van der Waals surface area contributed by atoms with E-state index in [0.29, 0.717) is 0 Å². The number of hydrogen-bond acceptors (Lipinski definition) is 4. The third kappa shape index (κ3) is 5.31. The van der Waals surface area contributed by atoms with Crippen LogP contribution >= 0.6 is 0 Å². The van der Waals surface area contributed by atoms with E-state index in [1.165, 1.54) is 38.5 Å². The molecule has 0 bridgehead atoms. The molecule has 1 saturated carbocycles. The first-order chi connectivity index (χ1) is 9.38. The van der Waals surface area contributed by atoms with Crippen molar-refractivity contribution in [2.24, 2.45) is 5.92 Å². The van der Waals surface area contributed by atoms with E-state index in [4.69, 9.17) is 4.42 Å². The van der Waals surface area contributed by atoms with Crippen LogP contribution in [0, 0.1) is 5.92 Å². The lowest BCUT2D eigenvalue weighted by Gasteiger charge is -2.20. The maximum atomic E-state index is 5.69. The Morgan fingerprint density at radius 1 is 1.05 bits per heavy atom. The molecule has 0 aliphatic heterocycles. The predicted molar refractivity (Wildman–Crippen MR) is 76.1 cm³/mol. The molecule has 0 saturated heterocycles. The number of aryl methyl sites for hydroxylation is 1. The maximum absolute atomic E-state index is 5.69. The van der Waals surface area contributed by atoms with Gasteiger partial charge in [0.1, 0.15) is 0 Å². The van der Waals surface area contributed by atoms with Crippen molar-refractivity contribution in [3.05, 3.63) is 11.8 Å². The summed E-state index contributed by atoms with van der Waals surface area (Å²) in [5, 5.41) is 11.6. The Labute approximate surface area is 116 Å². The molecule has 0 spiro atoms. The Morgan fingerprint density at radius 3 is 2.53 bits per heavy atom. The highest BCUT2D eigenvalue weighted by Gasteiger charge is 2.15. The van der Waals surface area contributed by atoms with Crippen LogP contribution in [0.2, 0.25) is 0 Å². The van der Waals surface area contributed by atoms with Crippen LogP contribution in [-0.4, -0.2) is 23.3 Å². The molecule has 1 aromatic heterocycles. The van der Waals surface area contributed by atoms with Gasteiger partial charge in [-0.25, -0.2) is 0 Å². The van der Waals surface area contributed by atoms with Crippen molar-refractivity contribution in [2.45, 2.75) is 64.7 Å². The maximum Gasteiger partial charge on any atom is 0.217 e. The van der Waals surface area contributed by atoms with Crippen molar-refractivity contribution >= 4 is 0 Å². The lowest BCUT2D eigenvalue weighted by Crippen LogP contribution is -2.17. The Kier molecular flexibility index (Phi) is 6.34. The lowest BCUT2D eigenvalue weighted by atomic mass is 9.86. The molecular formula is C15H27N3O. The fraction of sp³-hybridized carbons (Fsp3) is 0.867. The molecule has 0 aromatic carbocycles. The van der Waals surface area contributed by atoms with Gasteiger partial charge in [0.15, 0.2) is 0 Å². The van der Waals surface area contributed by atoms with E-state index in [9.17, 15) is 0 Å². The zero-order valence-corrected chi connectivity index (χ0v) is 12.2. The minimum atomic E-state index is 0.780. The van der Waals surface area contributed by atoms with Crippen molar-refractivity contribution in [2.75, 3.05) is 13.1 Å². The van der Waals surface area contributed by atoms with Gasteiger partial charge in [-0.15, -0.1) is 10.2 Å². The molecule has 1 N–H and O–H groups in total. The van der Waals surface area contributed by atoms with E-state index in [1.807, 2.05) is 0 Å². The molecule has 1 aliphatic rings. The zero-order valence-electron chi connectivity index (χ0n) is 12.2. The van der Waals surface area contributed by atoms with E-state index in [1.54, 1.807) is 0 Å². The number of rotatable bonds is 8. The van der Waals surface area contributed by atoms with Gasteiger partial charge in [-0.05, 0) is 25.3 Å². The highest BCUT2D eigenvalue weighted by Crippen LogP contribution is 2.27. The third-order valence-electron chi connectivity index (χ3n) is 3.94. The number of nitrogens with one attached hydrogen (secondary N) is 1. The highest BCUT2D eigenvalue weighted by atomic mass is 16.4. The van der Waals surface area contributed by atoms with Crippen molar-refractivity contribution in [1.29, 1.82) is 0 Å². The molecule has 0 amide bonds. The van der Waals surface area contributed by atoms with Crippen molar-refractivity contribution in [1.82, 2.24) is 15.5 Å². The Balaban J connectivity index is 1.65. The number of aromatic nitrogens is 2. The smallest absolute Gasteiger partial charge is 0.217 e. The molecule has 0 unspecified atom stereocenters. The first-order valence-electron chi connectivity index (χ1n) is 7.90. The van der Waals surface area contributed by atoms with E-state index in [2.05, 4.69) is 22.4 Å². The Morgan fingerprint density at radius 2 is 1.79 bits per heavy atom.